The van der Waals surface area contributed by atoms with E-state index in [1.165, 1.54) is 0 Å². The summed E-state index contributed by atoms with van der Waals surface area (Å²) < 4.78 is 4.92. The van der Waals surface area contributed by atoms with Gasteiger partial charge in [0.25, 0.3) is 0 Å². The monoisotopic (exact) mass is 128 g/mol. The van der Waals surface area contributed by atoms with E-state index in [2.05, 4.69) is 0 Å². The number of rotatable bonds is 2. The van der Waals surface area contributed by atoms with Crippen LogP contribution >= 0.6 is 0 Å². The predicted molar refractivity (Wildman–Crippen MR) is 30.0 cm³/mol. The smallest absolute Gasteiger partial charge is 0.148 e. The summed E-state index contributed by atoms with van der Waals surface area (Å²) in [4.78, 5) is 20.1. The van der Waals surface area contributed by atoms with E-state index in [0.717, 1.165) is 12.6 Å². The van der Waals surface area contributed by atoms with Crippen LogP contribution in [0.25, 0.3) is 0 Å². The van der Waals surface area contributed by atoms with E-state index in [4.69, 9.17) is 4.74 Å². The lowest BCUT2D eigenvalue weighted by Gasteiger charge is -1.99. The van der Waals surface area contributed by atoms with Crippen LogP contribution in [0.1, 0.15) is 12.8 Å². The van der Waals surface area contributed by atoms with Crippen LogP contribution in [-0.2, 0) is 14.3 Å². The predicted octanol–water partition coefficient (Wildman–Crippen LogP) is -0.0682. The fraction of sp³-hybridized carbons (Fsp3) is 0.667. The quantitative estimate of drug-likeness (QED) is 0.489. The van der Waals surface area contributed by atoms with Crippen molar-refractivity contribution in [2.24, 2.45) is 0 Å². The molecule has 0 aliphatic carbocycles. The Morgan fingerprint density at radius 3 is 1.78 bits per heavy atom. The molecular formula is C6H8O3. The minimum atomic E-state index is -0.333. The molecule has 1 aliphatic heterocycles. The molecule has 3 nitrogen and oxygen atoms in total. The Morgan fingerprint density at radius 2 is 1.56 bits per heavy atom. The highest BCUT2D eigenvalue weighted by Crippen LogP contribution is 2.15. The van der Waals surface area contributed by atoms with Crippen LogP contribution in [0.4, 0.5) is 0 Å². The van der Waals surface area contributed by atoms with Crippen LogP contribution in [0.2, 0.25) is 0 Å². The third kappa shape index (κ3) is 1.36. The van der Waals surface area contributed by atoms with Crippen molar-refractivity contribution in [2.75, 3.05) is 0 Å². The van der Waals surface area contributed by atoms with Crippen molar-refractivity contribution < 1.29 is 14.3 Å². The summed E-state index contributed by atoms with van der Waals surface area (Å²) in [6, 6.07) is 0. The molecule has 1 saturated heterocycles. The molecule has 50 valence electrons. The molecule has 0 aromatic rings. The van der Waals surface area contributed by atoms with Gasteiger partial charge in [-0.3, -0.25) is 0 Å². The SMILES string of the molecule is O=C[C@@H]1CC[C@H](C=O)O1. The molecule has 1 heterocycles. The Balaban J connectivity index is 2.36. The van der Waals surface area contributed by atoms with Crippen LogP contribution < -0.4 is 0 Å². The van der Waals surface area contributed by atoms with Gasteiger partial charge in [0.15, 0.2) is 0 Å². The van der Waals surface area contributed by atoms with Crippen molar-refractivity contribution >= 4 is 12.6 Å². The molecule has 0 saturated carbocycles. The van der Waals surface area contributed by atoms with E-state index < -0.39 is 0 Å². The number of hydrogen-bond donors (Lipinski definition) is 0. The Morgan fingerprint density at radius 1 is 1.11 bits per heavy atom. The molecule has 2 atom stereocenters. The van der Waals surface area contributed by atoms with Gasteiger partial charge >= 0.3 is 0 Å². The number of ether oxygens (including phenoxy) is 1. The molecule has 1 rings (SSSR count). The van der Waals surface area contributed by atoms with Crippen LogP contribution in [-0.4, -0.2) is 24.8 Å². The van der Waals surface area contributed by atoms with Gasteiger partial charge in [-0.1, -0.05) is 0 Å². The van der Waals surface area contributed by atoms with Crippen molar-refractivity contribution in [3.8, 4) is 0 Å². The summed E-state index contributed by atoms with van der Waals surface area (Å²) in [6.45, 7) is 0. The van der Waals surface area contributed by atoms with E-state index in [1.807, 2.05) is 0 Å². The van der Waals surface area contributed by atoms with Crippen LogP contribution in [0, 0.1) is 0 Å². The van der Waals surface area contributed by atoms with E-state index in [9.17, 15) is 9.59 Å². The van der Waals surface area contributed by atoms with Gasteiger partial charge in [-0.15, -0.1) is 0 Å². The van der Waals surface area contributed by atoms with E-state index in [0.29, 0.717) is 12.8 Å². The van der Waals surface area contributed by atoms with Crippen LogP contribution in [0.3, 0.4) is 0 Å². The molecule has 3 heteroatoms. The molecule has 1 aliphatic rings. The Kier molecular flexibility index (Phi) is 1.95. The highest BCUT2D eigenvalue weighted by atomic mass is 16.5. The van der Waals surface area contributed by atoms with Gasteiger partial charge < -0.3 is 14.3 Å². The third-order valence-corrected chi connectivity index (χ3v) is 1.39. The first-order valence-corrected chi connectivity index (χ1v) is 2.93. The average Bonchev–Trinajstić information content (AvgIpc) is 2.34. The summed E-state index contributed by atoms with van der Waals surface area (Å²) in [5.74, 6) is 0. The number of carbonyl (C=O) groups excluding carboxylic acids is 2. The molecule has 0 N–H and O–H groups in total. The molecule has 0 aromatic heterocycles. The molecular weight excluding hydrogens is 120 g/mol. The molecule has 0 radical (unpaired) electrons. The normalized spacial score (nSPS) is 34.2. The Hall–Kier alpha value is -0.700. The second kappa shape index (κ2) is 2.73. The van der Waals surface area contributed by atoms with Gasteiger partial charge in [0.2, 0.25) is 0 Å². The van der Waals surface area contributed by atoms with Crippen molar-refractivity contribution in [3.63, 3.8) is 0 Å². The maximum Gasteiger partial charge on any atom is 0.148 e. The molecule has 0 unspecified atom stereocenters. The minimum absolute atomic E-state index is 0.333. The van der Waals surface area contributed by atoms with Crippen molar-refractivity contribution in [1.82, 2.24) is 0 Å². The van der Waals surface area contributed by atoms with E-state index >= 15 is 0 Å². The maximum atomic E-state index is 10.0. The first-order valence-electron chi connectivity index (χ1n) is 2.93. The van der Waals surface area contributed by atoms with Crippen LogP contribution in [0.5, 0.6) is 0 Å². The zero-order valence-electron chi connectivity index (χ0n) is 4.95. The maximum absolute atomic E-state index is 10.0. The molecule has 0 spiro atoms. The molecule has 0 amide bonds. The lowest BCUT2D eigenvalue weighted by atomic mass is 10.2. The zero-order valence-corrected chi connectivity index (χ0v) is 4.95. The van der Waals surface area contributed by atoms with E-state index in [-0.39, 0.29) is 12.2 Å². The van der Waals surface area contributed by atoms with Crippen molar-refractivity contribution in [3.05, 3.63) is 0 Å². The first kappa shape index (κ1) is 6.42. The van der Waals surface area contributed by atoms with E-state index in [1.54, 1.807) is 0 Å². The number of hydrogen-bond acceptors (Lipinski definition) is 3. The highest BCUT2D eigenvalue weighted by Gasteiger charge is 2.23. The number of aldehydes is 2. The largest absolute Gasteiger partial charge is 0.360 e. The molecule has 0 aromatic carbocycles. The second-order valence-electron chi connectivity index (χ2n) is 2.06. The minimum Gasteiger partial charge on any atom is -0.360 e. The van der Waals surface area contributed by atoms with Gasteiger partial charge in [-0.25, -0.2) is 0 Å². The lowest BCUT2D eigenvalue weighted by molar-refractivity contribution is -0.123. The Labute approximate surface area is 53.0 Å². The van der Waals surface area contributed by atoms with Crippen molar-refractivity contribution in [2.45, 2.75) is 25.0 Å². The van der Waals surface area contributed by atoms with Crippen LogP contribution in [0.15, 0.2) is 0 Å². The van der Waals surface area contributed by atoms with Crippen molar-refractivity contribution in [1.29, 1.82) is 0 Å². The van der Waals surface area contributed by atoms with Gasteiger partial charge in [-0.2, -0.15) is 0 Å². The molecule has 0 bridgehead atoms. The summed E-state index contributed by atoms with van der Waals surface area (Å²) >= 11 is 0. The summed E-state index contributed by atoms with van der Waals surface area (Å²) in [6.07, 6.45) is 2.19. The zero-order chi connectivity index (χ0) is 6.69. The highest BCUT2D eigenvalue weighted by molar-refractivity contribution is 5.61. The summed E-state index contributed by atoms with van der Waals surface area (Å²) in [5.41, 5.74) is 0. The summed E-state index contributed by atoms with van der Waals surface area (Å²) in [5, 5.41) is 0. The Bertz CT molecular complexity index is 107. The fourth-order valence-electron chi connectivity index (χ4n) is 0.889. The standard InChI is InChI=1S/C6H8O3/c7-3-5-1-2-6(4-8)9-5/h3-6H,1-2H2/t5-,6+. The van der Waals surface area contributed by atoms with Gasteiger partial charge in [0.05, 0.1) is 0 Å². The second-order valence-corrected chi connectivity index (χ2v) is 2.06. The third-order valence-electron chi connectivity index (χ3n) is 1.39. The van der Waals surface area contributed by atoms with Gasteiger partial charge in [0.1, 0.15) is 24.8 Å². The van der Waals surface area contributed by atoms with Gasteiger partial charge in [0, 0.05) is 0 Å². The number of carbonyl (C=O) groups is 2. The topological polar surface area (TPSA) is 43.4 Å². The molecule has 9 heavy (non-hydrogen) atoms. The van der Waals surface area contributed by atoms with Gasteiger partial charge in [-0.05, 0) is 12.8 Å². The first-order chi connectivity index (χ1) is 4.36. The lowest BCUT2D eigenvalue weighted by Crippen LogP contribution is -2.12. The fourth-order valence-corrected chi connectivity index (χ4v) is 0.889. The molecule has 1 fully saturated rings. The summed E-state index contributed by atoms with van der Waals surface area (Å²) in [7, 11) is 0. The average molecular weight is 128 g/mol.